The fourth-order valence-electron chi connectivity index (χ4n) is 3.45. The fraction of sp³-hybridized carbons (Fsp3) is 0.167. The third kappa shape index (κ3) is 5.47. The maximum absolute atomic E-state index is 14.3. The van der Waals surface area contributed by atoms with Gasteiger partial charge in [0, 0.05) is 30.4 Å². The van der Waals surface area contributed by atoms with Gasteiger partial charge < -0.3 is 4.57 Å². The van der Waals surface area contributed by atoms with Gasteiger partial charge in [-0.1, -0.05) is 35.4 Å². The lowest BCUT2D eigenvalue weighted by Gasteiger charge is -2.14. The number of benzene rings is 2. The van der Waals surface area contributed by atoms with Gasteiger partial charge in [0.25, 0.3) is 10.1 Å². The molecule has 0 unspecified atom stereocenters. The summed E-state index contributed by atoms with van der Waals surface area (Å²) >= 11 is 6.27. The summed E-state index contributed by atoms with van der Waals surface area (Å²) in [5, 5.41) is -0.0659. The third-order valence-electron chi connectivity index (χ3n) is 5.13. The van der Waals surface area contributed by atoms with E-state index in [2.05, 4.69) is 9.97 Å². The quantitative estimate of drug-likeness (QED) is 0.327. The van der Waals surface area contributed by atoms with Gasteiger partial charge in [-0.15, -0.1) is 0 Å². The summed E-state index contributed by atoms with van der Waals surface area (Å²) in [6.07, 6.45) is 8.75. The number of pyridine rings is 1. The second-order valence-electron chi connectivity index (χ2n) is 7.54. The molecule has 0 aliphatic heterocycles. The summed E-state index contributed by atoms with van der Waals surface area (Å²) in [7, 11) is -3.94. The van der Waals surface area contributed by atoms with Crippen molar-refractivity contribution in [3.63, 3.8) is 0 Å². The van der Waals surface area contributed by atoms with Crippen LogP contribution in [0.3, 0.4) is 0 Å². The molecule has 0 aliphatic rings. The van der Waals surface area contributed by atoms with Crippen LogP contribution in [-0.4, -0.2) is 29.6 Å². The molecule has 0 spiro atoms. The average Bonchev–Trinajstić information content (AvgIpc) is 3.30. The smallest absolute Gasteiger partial charge is 0.296 e. The highest BCUT2D eigenvalue weighted by atomic mass is 35.5. The fourth-order valence-corrected chi connectivity index (χ4v) is 4.61. The normalized spacial score (nSPS) is 11.6. The van der Waals surface area contributed by atoms with E-state index in [4.69, 9.17) is 15.8 Å². The summed E-state index contributed by atoms with van der Waals surface area (Å²) < 4.78 is 46.3. The van der Waals surface area contributed by atoms with Gasteiger partial charge in [-0.05, 0) is 54.3 Å². The predicted octanol–water partition coefficient (Wildman–Crippen LogP) is 5.04. The van der Waals surface area contributed by atoms with Crippen molar-refractivity contribution < 1.29 is 17.0 Å². The van der Waals surface area contributed by atoms with Crippen LogP contribution in [-0.2, 0) is 27.3 Å². The Morgan fingerprint density at radius 1 is 1.09 bits per heavy atom. The van der Waals surface area contributed by atoms with Crippen molar-refractivity contribution in [3.05, 3.63) is 101 Å². The summed E-state index contributed by atoms with van der Waals surface area (Å²) in [5.41, 5.74) is 3.73. The summed E-state index contributed by atoms with van der Waals surface area (Å²) in [4.78, 5) is 8.40. The van der Waals surface area contributed by atoms with E-state index in [0.29, 0.717) is 17.7 Å². The highest BCUT2D eigenvalue weighted by molar-refractivity contribution is 7.86. The van der Waals surface area contributed by atoms with Gasteiger partial charge in [-0.3, -0.25) is 9.17 Å². The first-order chi connectivity index (χ1) is 15.8. The molecular weight excluding hydrogens is 465 g/mol. The summed E-state index contributed by atoms with van der Waals surface area (Å²) in [6, 6.07) is 11.2. The van der Waals surface area contributed by atoms with Crippen molar-refractivity contribution in [3.8, 4) is 11.1 Å². The van der Waals surface area contributed by atoms with Crippen LogP contribution in [0.15, 0.2) is 78.5 Å². The van der Waals surface area contributed by atoms with Gasteiger partial charge in [0.1, 0.15) is 5.82 Å². The van der Waals surface area contributed by atoms with Crippen molar-refractivity contribution in [1.29, 1.82) is 0 Å². The monoisotopic (exact) mass is 485 g/mol. The van der Waals surface area contributed by atoms with Gasteiger partial charge in [-0.25, -0.2) is 9.37 Å². The summed E-state index contributed by atoms with van der Waals surface area (Å²) in [6.45, 7) is 2.25. The zero-order valence-electron chi connectivity index (χ0n) is 17.8. The zero-order valence-corrected chi connectivity index (χ0v) is 19.4. The maximum atomic E-state index is 14.3. The number of aromatic nitrogens is 3. The number of rotatable bonds is 8. The molecule has 0 atom stereocenters. The molecule has 0 bridgehead atoms. The molecule has 0 radical (unpaired) electrons. The first-order valence-electron chi connectivity index (χ1n) is 10.2. The predicted molar refractivity (Wildman–Crippen MR) is 124 cm³/mol. The van der Waals surface area contributed by atoms with Crippen molar-refractivity contribution >= 4 is 21.7 Å². The van der Waals surface area contributed by atoms with Crippen LogP contribution in [0.4, 0.5) is 4.39 Å². The van der Waals surface area contributed by atoms with E-state index in [1.165, 1.54) is 18.2 Å². The number of aryl methyl sites for hydroxylation is 1. The van der Waals surface area contributed by atoms with Crippen LogP contribution in [0.2, 0.25) is 5.02 Å². The molecular formula is C24H21ClFN3O3S. The SMILES string of the molecule is Cc1ccc(S(=O)(=O)OCCc2c(-c3cncc(Cn4ccnc4)c3)ccc(F)c2Cl)cc1. The summed E-state index contributed by atoms with van der Waals surface area (Å²) in [5.74, 6) is -0.584. The molecule has 4 aromatic rings. The molecule has 0 saturated carbocycles. The number of hydrogen-bond donors (Lipinski definition) is 0. The number of halogens is 2. The van der Waals surface area contributed by atoms with Crippen molar-refractivity contribution in [2.75, 3.05) is 6.61 Å². The Balaban J connectivity index is 1.57. The minimum atomic E-state index is -3.94. The van der Waals surface area contributed by atoms with Crippen molar-refractivity contribution in [1.82, 2.24) is 14.5 Å². The lowest BCUT2D eigenvalue weighted by atomic mass is 9.98. The van der Waals surface area contributed by atoms with E-state index < -0.39 is 15.9 Å². The Hall–Kier alpha value is -3.07. The van der Waals surface area contributed by atoms with Crippen LogP contribution in [0.25, 0.3) is 11.1 Å². The van der Waals surface area contributed by atoms with Crippen LogP contribution in [0.1, 0.15) is 16.7 Å². The first-order valence-corrected chi connectivity index (χ1v) is 11.9. The lowest BCUT2D eigenvalue weighted by molar-refractivity contribution is 0.322. The highest BCUT2D eigenvalue weighted by Gasteiger charge is 2.18. The Morgan fingerprint density at radius 2 is 1.88 bits per heavy atom. The van der Waals surface area contributed by atoms with Gasteiger partial charge in [0.05, 0.1) is 29.4 Å². The Morgan fingerprint density at radius 3 is 2.61 bits per heavy atom. The average molecular weight is 486 g/mol. The Bertz CT molecular complexity index is 1360. The topological polar surface area (TPSA) is 74.1 Å². The van der Waals surface area contributed by atoms with E-state index in [9.17, 15) is 12.8 Å². The molecule has 2 aromatic carbocycles. The Labute approximate surface area is 196 Å². The van der Waals surface area contributed by atoms with Gasteiger partial charge in [0.15, 0.2) is 0 Å². The highest BCUT2D eigenvalue weighted by Crippen LogP contribution is 2.32. The molecule has 0 saturated heterocycles. The largest absolute Gasteiger partial charge is 0.333 e. The van der Waals surface area contributed by atoms with Crippen molar-refractivity contribution in [2.24, 2.45) is 0 Å². The molecule has 170 valence electrons. The second kappa shape index (κ2) is 9.82. The standard InChI is InChI=1S/C24H21ClFN3O3S/c1-17-2-4-20(5-3-17)33(30,31)32-11-8-22-21(6-7-23(26)24(22)25)19-12-18(13-28-14-19)15-29-10-9-27-16-29/h2-7,9-10,12-14,16H,8,11,15H2,1H3. The molecule has 0 amide bonds. The molecule has 0 aliphatic carbocycles. The molecule has 2 heterocycles. The molecule has 33 heavy (non-hydrogen) atoms. The molecule has 0 fully saturated rings. The van der Waals surface area contributed by atoms with Crippen molar-refractivity contribution in [2.45, 2.75) is 24.8 Å². The van der Waals surface area contributed by atoms with Gasteiger partial charge in [-0.2, -0.15) is 8.42 Å². The van der Waals surface area contributed by atoms with Gasteiger partial charge in [0.2, 0.25) is 0 Å². The van der Waals surface area contributed by atoms with E-state index in [-0.39, 0.29) is 22.9 Å². The van der Waals surface area contributed by atoms with Crippen LogP contribution >= 0.6 is 11.6 Å². The minimum absolute atomic E-state index is 0.0649. The first kappa shape index (κ1) is 23.1. The Kier molecular flexibility index (Phi) is 6.88. The van der Waals surface area contributed by atoms with E-state index in [0.717, 1.165) is 16.7 Å². The molecule has 6 nitrogen and oxygen atoms in total. The second-order valence-corrected chi connectivity index (χ2v) is 9.54. The minimum Gasteiger partial charge on any atom is -0.333 e. The van der Waals surface area contributed by atoms with Crippen LogP contribution < -0.4 is 0 Å². The number of nitrogens with zero attached hydrogens (tertiary/aromatic N) is 3. The molecule has 2 aromatic heterocycles. The van der Waals surface area contributed by atoms with Gasteiger partial charge >= 0.3 is 0 Å². The van der Waals surface area contributed by atoms with E-state index in [1.807, 2.05) is 23.8 Å². The van der Waals surface area contributed by atoms with E-state index in [1.54, 1.807) is 43.1 Å². The molecule has 4 rings (SSSR count). The number of hydrogen-bond acceptors (Lipinski definition) is 5. The lowest BCUT2D eigenvalue weighted by Crippen LogP contribution is -2.10. The third-order valence-corrected chi connectivity index (χ3v) is 6.86. The zero-order chi connectivity index (χ0) is 23.4. The van der Waals surface area contributed by atoms with Crippen LogP contribution in [0, 0.1) is 12.7 Å². The molecule has 0 N–H and O–H groups in total. The van der Waals surface area contributed by atoms with Crippen LogP contribution in [0.5, 0.6) is 0 Å². The van der Waals surface area contributed by atoms with E-state index >= 15 is 0 Å². The molecule has 9 heteroatoms. The maximum Gasteiger partial charge on any atom is 0.296 e. The number of imidazole rings is 1.